The number of rotatable bonds is 2. The first-order valence-corrected chi connectivity index (χ1v) is 3.90. The summed E-state index contributed by atoms with van der Waals surface area (Å²) in [7, 11) is 0. The number of hydrogen-bond donors (Lipinski definition) is 2. The van der Waals surface area contributed by atoms with Gasteiger partial charge in [0.05, 0.1) is 0 Å². The molecule has 0 aliphatic rings. The normalized spacial score (nSPS) is 9.64. The third-order valence-corrected chi connectivity index (χ3v) is 1.51. The third kappa shape index (κ3) is 2.05. The predicted octanol–water partition coefficient (Wildman–Crippen LogP) is 1.97. The molecule has 0 bridgehead atoms. The zero-order valence-electron chi connectivity index (χ0n) is 6.24. The van der Waals surface area contributed by atoms with Gasteiger partial charge in [-0.05, 0) is 30.7 Å². The van der Waals surface area contributed by atoms with Gasteiger partial charge in [0.1, 0.15) is 17.4 Å². The van der Waals surface area contributed by atoms with Crippen LogP contribution in [0.5, 0.6) is 11.5 Å². The third-order valence-electron chi connectivity index (χ3n) is 1.38. The molecule has 11 heavy (non-hydrogen) atoms. The Kier molecular flexibility index (Phi) is 2.65. The molecule has 0 amide bonds. The van der Waals surface area contributed by atoms with Gasteiger partial charge in [0.25, 0.3) is 0 Å². The van der Waals surface area contributed by atoms with E-state index < -0.39 is 0 Å². The van der Waals surface area contributed by atoms with Crippen LogP contribution in [0.1, 0.15) is 5.56 Å². The molecule has 0 fully saturated rings. The lowest BCUT2D eigenvalue weighted by Gasteiger charge is -2.05. The van der Waals surface area contributed by atoms with E-state index in [2.05, 4.69) is 12.6 Å². The molecule has 0 heterocycles. The molecular weight excluding hydrogens is 160 g/mol. The highest BCUT2D eigenvalue weighted by Crippen LogP contribution is 2.22. The molecule has 0 aliphatic heterocycles. The average Bonchev–Trinajstić information content (AvgIpc) is 1.95. The van der Waals surface area contributed by atoms with E-state index >= 15 is 0 Å². The Morgan fingerprint density at radius 3 is 2.82 bits per heavy atom. The summed E-state index contributed by atoms with van der Waals surface area (Å²) in [6.45, 7) is 1.87. The molecular formula is C8H10O2S. The quantitative estimate of drug-likeness (QED) is 0.525. The number of phenolic OH excluding ortho intramolecular Hbond substituents is 1. The van der Waals surface area contributed by atoms with E-state index in [9.17, 15) is 0 Å². The van der Waals surface area contributed by atoms with E-state index in [-0.39, 0.29) is 5.75 Å². The first-order valence-electron chi connectivity index (χ1n) is 3.27. The van der Waals surface area contributed by atoms with Crippen molar-refractivity contribution in [3.63, 3.8) is 0 Å². The fourth-order valence-electron chi connectivity index (χ4n) is 0.865. The molecule has 0 unspecified atom stereocenters. The summed E-state index contributed by atoms with van der Waals surface area (Å²) in [5.74, 6) is 1.37. The molecule has 1 aromatic rings. The van der Waals surface area contributed by atoms with E-state index in [1.54, 1.807) is 18.2 Å². The molecule has 0 saturated carbocycles. The second-order valence-electron chi connectivity index (χ2n) is 2.22. The molecule has 1 N–H and O–H groups in total. The van der Waals surface area contributed by atoms with Gasteiger partial charge in [-0.25, -0.2) is 0 Å². The van der Waals surface area contributed by atoms with Crippen LogP contribution in [0.25, 0.3) is 0 Å². The van der Waals surface area contributed by atoms with E-state index in [4.69, 9.17) is 9.84 Å². The Labute approximate surface area is 71.2 Å². The van der Waals surface area contributed by atoms with Crippen LogP contribution < -0.4 is 4.74 Å². The van der Waals surface area contributed by atoms with Gasteiger partial charge < -0.3 is 9.84 Å². The Bertz CT molecular complexity index is 248. The van der Waals surface area contributed by atoms with Crippen molar-refractivity contribution in [1.29, 1.82) is 0 Å². The van der Waals surface area contributed by atoms with E-state index in [0.29, 0.717) is 5.94 Å². The van der Waals surface area contributed by atoms with Gasteiger partial charge >= 0.3 is 0 Å². The fourth-order valence-corrected chi connectivity index (χ4v) is 1.00. The van der Waals surface area contributed by atoms with Gasteiger partial charge in [-0.2, -0.15) is 0 Å². The maximum absolute atomic E-state index is 9.03. The van der Waals surface area contributed by atoms with E-state index in [0.717, 1.165) is 11.3 Å². The van der Waals surface area contributed by atoms with Gasteiger partial charge in [-0.3, -0.25) is 0 Å². The summed E-state index contributed by atoms with van der Waals surface area (Å²) < 4.78 is 5.14. The van der Waals surface area contributed by atoms with Crippen molar-refractivity contribution in [2.75, 3.05) is 5.94 Å². The maximum atomic E-state index is 9.03. The van der Waals surface area contributed by atoms with E-state index in [1.807, 2.05) is 6.92 Å². The van der Waals surface area contributed by atoms with E-state index in [1.165, 1.54) is 0 Å². The Balaban J connectivity index is 2.90. The summed E-state index contributed by atoms with van der Waals surface area (Å²) in [6.07, 6.45) is 0. The van der Waals surface area contributed by atoms with Crippen LogP contribution in [0.4, 0.5) is 0 Å². The fraction of sp³-hybridized carbons (Fsp3) is 0.250. The largest absolute Gasteiger partial charge is 0.508 e. The van der Waals surface area contributed by atoms with Crippen molar-refractivity contribution in [2.24, 2.45) is 0 Å². The first kappa shape index (κ1) is 8.27. The van der Waals surface area contributed by atoms with Gasteiger partial charge in [-0.1, -0.05) is 0 Å². The SMILES string of the molecule is Cc1cc(O)ccc1OCS. The Morgan fingerprint density at radius 2 is 2.27 bits per heavy atom. The van der Waals surface area contributed by atoms with Crippen molar-refractivity contribution in [2.45, 2.75) is 6.92 Å². The lowest BCUT2D eigenvalue weighted by molar-refractivity contribution is 0.390. The van der Waals surface area contributed by atoms with Gasteiger partial charge in [-0.15, -0.1) is 12.6 Å². The minimum atomic E-state index is 0.258. The van der Waals surface area contributed by atoms with Crippen molar-refractivity contribution < 1.29 is 9.84 Å². The number of benzene rings is 1. The molecule has 1 aromatic carbocycles. The highest BCUT2D eigenvalue weighted by atomic mass is 32.1. The number of aromatic hydroxyl groups is 1. The van der Waals surface area contributed by atoms with Crippen molar-refractivity contribution in [1.82, 2.24) is 0 Å². The minimum absolute atomic E-state index is 0.258. The van der Waals surface area contributed by atoms with Crippen LogP contribution in [0.2, 0.25) is 0 Å². The topological polar surface area (TPSA) is 29.5 Å². The smallest absolute Gasteiger partial charge is 0.131 e. The summed E-state index contributed by atoms with van der Waals surface area (Å²) in [6, 6.07) is 4.96. The molecule has 0 aliphatic carbocycles. The number of ether oxygens (including phenoxy) is 1. The molecule has 0 saturated heterocycles. The molecule has 0 aromatic heterocycles. The molecule has 1 rings (SSSR count). The van der Waals surface area contributed by atoms with Crippen LogP contribution in [0.15, 0.2) is 18.2 Å². The van der Waals surface area contributed by atoms with Gasteiger partial charge in [0.15, 0.2) is 0 Å². The number of hydrogen-bond acceptors (Lipinski definition) is 3. The highest BCUT2D eigenvalue weighted by Gasteiger charge is 1.97. The second-order valence-corrected chi connectivity index (χ2v) is 2.48. The minimum Gasteiger partial charge on any atom is -0.508 e. The van der Waals surface area contributed by atoms with Gasteiger partial charge in [0, 0.05) is 0 Å². The summed E-state index contributed by atoms with van der Waals surface area (Å²) in [5, 5.41) is 9.03. The summed E-state index contributed by atoms with van der Waals surface area (Å²) >= 11 is 3.92. The molecule has 0 atom stereocenters. The summed E-state index contributed by atoms with van der Waals surface area (Å²) in [4.78, 5) is 0. The lowest BCUT2D eigenvalue weighted by atomic mass is 10.2. The monoisotopic (exact) mass is 170 g/mol. The Morgan fingerprint density at radius 1 is 1.55 bits per heavy atom. The van der Waals surface area contributed by atoms with Crippen LogP contribution in [0, 0.1) is 6.92 Å². The van der Waals surface area contributed by atoms with Crippen LogP contribution in [-0.4, -0.2) is 11.0 Å². The van der Waals surface area contributed by atoms with Crippen molar-refractivity contribution in [3.05, 3.63) is 23.8 Å². The zero-order valence-corrected chi connectivity index (χ0v) is 7.14. The van der Waals surface area contributed by atoms with Crippen molar-refractivity contribution >= 4 is 12.6 Å². The maximum Gasteiger partial charge on any atom is 0.131 e. The number of thiol groups is 1. The molecule has 3 heteroatoms. The standard InChI is InChI=1S/C8H10O2S/c1-6-4-7(9)2-3-8(6)10-5-11/h2-4,9,11H,5H2,1H3. The average molecular weight is 170 g/mol. The summed E-state index contributed by atoms with van der Waals surface area (Å²) in [5.41, 5.74) is 0.916. The molecule has 0 radical (unpaired) electrons. The zero-order chi connectivity index (χ0) is 8.27. The highest BCUT2D eigenvalue weighted by molar-refractivity contribution is 7.80. The van der Waals surface area contributed by atoms with Crippen molar-refractivity contribution in [3.8, 4) is 11.5 Å². The number of aryl methyl sites for hydroxylation is 1. The van der Waals surface area contributed by atoms with Gasteiger partial charge in [0.2, 0.25) is 0 Å². The number of phenols is 1. The van der Waals surface area contributed by atoms with Crippen LogP contribution in [0.3, 0.4) is 0 Å². The second kappa shape index (κ2) is 3.53. The lowest BCUT2D eigenvalue weighted by Crippen LogP contribution is -1.90. The predicted molar refractivity (Wildman–Crippen MR) is 47.3 cm³/mol. The molecule has 2 nitrogen and oxygen atoms in total. The molecule has 0 spiro atoms. The van der Waals surface area contributed by atoms with Crippen LogP contribution in [-0.2, 0) is 0 Å². The molecule has 60 valence electrons. The first-order chi connectivity index (χ1) is 5.24. The van der Waals surface area contributed by atoms with Crippen LogP contribution >= 0.6 is 12.6 Å². The Hall–Kier alpha value is -0.830.